The maximum absolute atomic E-state index is 11.9. The Kier molecular flexibility index (Phi) is 7.59. The highest BCUT2D eigenvalue weighted by molar-refractivity contribution is 5.94. The third-order valence-electron chi connectivity index (χ3n) is 4.55. The molecule has 1 fully saturated rings. The third-order valence-corrected chi connectivity index (χ3v) is 4.55. The zero-order valence-corrected chi connectivity index (χ0v) is 14.8. The summed E-state index contributed by atoms with van der Waals surface area (Å²) in [6.07, 6.45) is 5.88. The summed E-state index contributed by atoms with van der Waals surface area (Å²) in [6.45, 7) is 3.77. The van der Waals surface area contributed by atoms with Crippen LogP contribution < -0.4 is 16.0 Å². The summed E-state index contributed by atoms with van der Waals surface area (Å²) in [5, 5.41) is 9.77. The lowest BCUT2D eigenvalue weighted by molar-refractivity contribution is 0.0953. The molecule has 0 aliphatic heterocycles. The number of carbonyl (C=O) groups is 1. The molecule has 24 heavy (non-hydrogen) atoms. The molecule has 0 saturated heterocycles. The van der Waals surface area contributed by atoms with Crippen molar-refractivity contribution in [1.29, 1.82) is 0 Å². The fraction of sp³-hybridized carbons (Fsp3) is 0.579. The highest BCUT2D eigenvalue weighted by Gasteiger charge is 2.18. The van der Waals surface area contributed by atoms with E-state index < -0.39 is 0 Å². The molecule has 1 aromatic carbocycles. The van der Waals surface area contributed by atoms with Gasteiger partial charge in [0.25, 0.3) is 5.91 Å². The van der Waals surface area contributed by atoms with Crippen LogP contribution in [0.1, 0.15) is 49.4 Å². The van der Waals surface area contributed by atoms with E-state index >= 15 is 0 Å². The van der Waals surface area contributed by atoms with Gasteiger partial charge in [-0.05, 0) is 50.2 Å². The first kappa shape index (κ1) is 18.3. The van der Waals surface area contributed by atoms with Crippen molar-refractivity contribution in [1.82, 2.24) is 16.0 Å². The Balaban J connectivity index is 1.59. The molecule has 1 aromatic rings. The number of hydrogen-bond acceptors (Lipinski definition) is 2. The molecule has 3 N–H and O–H groups in total. The molecule has 1 aliphatic rings. The molecule has 0 bridgehead atoms. The maximum Gasteiger partial charge on any atom is 0.251 e. The van der Waals surface area contributed by atoms with Gasteiger partial charge in [-0.25, -0.2) is 0 Å². The predicted octanol–water partition coefficient (Wildman–Crippen LogP) is 2.55. The summed E-state index contributed by atoms with van der Waals surface area (Å²) >= 11 is 0. The van der Waals surface area contributed by atoms with Gasteiger partial charge in [0.05, 0.1) is 0 Å². The minimum atomic E-state index is -0.0190. The van der Waals surface area contributed by atoms with Crippen LogP contribution in [-0.4, -0.2) is 38.0 Å². The highest BCUT2D eigenvalue weighted by atomic mass is 16.1. The van der Waals surface area contributed by atoms with E-state index in [1.54, 1.807) is 7.05 Å². The molecule has 0 spiro atoms. The molecule has 0 atom stereocenters. The zero-order valence-electron chi connectivity index (χ0n) is 14.8. The van der Waals surface area contributed by atoms with E-state index in [-0.39, 0.29) is 5.91 Å². The second-order valence-electron chi connectivity index (χ2n) is 6.58. The van der Waals surface area contributed by atoms with Gasteiger partial charge in [-0.3, -0.25) is 9.79 Å². The Labute approximate surface area is 145 Å². The first-order valence-corrected chi connectivity index (χ1v) is 8.99. The van der Waals surface area contributed by atoms with Gasteiger partial charge >= 0.3 is 0 Å². The van der Waals surface area contributed by atoms with Gasteiger partial charge in [0, 0.05) is 31.7 Å². The molecule has 5 nitrogen and oxygen atoms in total. The average Bonchev–Trinajstić information content (AvgIpc) is 2.62. The van der Waals surface area contributed by atoms with Crippen LogP contribution in [0.5, 0.6) is 0 Å². The van der Waals surface area contributed by atoms with E-state index in [1.165, 1.54) is 25.7 Å². The van der Waals surface area contributed by atoms with E-state index in [9.17, 15) is 4.79 Å². The van der Waals surface area contributed by atoms with Crippen LogP contribution in [-0.2, 0) is 0 Å². The van der Waals surface area contributed by atoms with Gasteiger partial charge in [0.15, 0.2) is 5.96 Å². The van der Waals surface area contributed by atoms with Gasteiger partial charge in [0.2, 0.25) is 0 Å². The molecule has 1 aliphatic carbocycles. The van der Waals surface area contributed by atoms with Crippen molar-refractivity contribution >= 4 is 11.9 Å². The SMILES string of the molecule is CN=C(NCCCNC(=O)c1ccccc1)NC1CCC(C)CC1. The van der Waals surface area contributed by atoms with Crippen molar-refractivity contribution in [2.75, 3.05) is 20.1 Å². The molecule has 0 radical (unpaired) electrons. The minimum absolute atomic E-state index is 0.0190. The van der Waals surface area contributed by atoms with Crippen LogP contribution in [0.15, 0.2) is 35.3 Å². The van der Waals surface area contributed by atoms with Gasteiger partial charge < -0.3 is 16.0 Å². The van der Waals surface area contributed by atoms with E-state index in [1.807, 2.05) is 30.3 Å². The fourth-order valence-electron chi connectivity index (χ4n) is 2.98. The quantitative estimate of drug-likeness (QED) is 0.427. The number of carbonyl (C=O) groups excluding carboxylic acids is 1. The first-order chi connectivity index (χ1) is 11.7. The number of nitrogens with one attached hydrogen (secondary N) is 3. The Morgan fingerprint density at radius 2 is 1.75 bits per heavy atom. The summed E-state index contributed by atoms with van der Waals surface area (Å²) in [5.74, 6) is 1.70. The van der Waals surface area contributed by atoms with Crippen molar-refractivity contribution in [3.8, 4) is 0 Å². The van der Waals surface area contributed by atoms with Crippen LogP contribution >= 0.6 is 0 Å². The topological polar surface area (TPSA) is 65.5 Å². The Morgan fingerprint density at radius 3 is 2.42 bits per heavy atom. The molecule has 0 heterocycles. The lowest BCUT2D eigenvalue weighted by atomic mass is 9.87. The van der Waals surface area contributed by atoms with Crippen molar-refractivity contribution in [2.24, 2.45) is 10.9 Å². The second kappa shape index (κ2) is 9.96. The lowest BCUT2D eigenvalue weighted by Gasteiger charge is -2.28. The minimum Gasteiger partial charge on any atom is -0.356 e. The number of guanidine groups is 1. The van der Waals surface area contributed by atoms with E-state index in [4.69, 9.17) is 0 Å². The normalized spacial score (nSPS) is 21.2. The highest BCUT2D eigenvalue weighted by Crippen LogP contribution is 2.23. The number of aliphatic imine (C=N–C) groups is 1. The Morgan fingerprint density at radius 1 is 1.08 bits per heavy atom. The number of rotatable bonds is 6. The summed E-state index contributed by atoms with van der Waals surface area (Å²) < 4.78 is 0. The molecule has 132 valence electrons. The largest absolute Gasteiger partial charge is 0.356 e. The zero-order chi connectivity index (χ0) is 17.2. The molecular weight excluding hydrogens is 300 g/mol. The molecular formula is C19H30N4O. The van der Waals surface area contributed by atoms with Crippen molar-refractivity contribution in [3.63, 3.8) is 0 Å². The number of hydrogen-bond donors (Lipinski definition) is 3. The summed E-state index contributed by atoms with van der Waals surface area (Å²) in [7, 11) is 1.80. The van der Waals surface area contributed by atoms with Crippen molar-refractivity contribution in [2.45, 2.75) is 45.1 Å². The standard InChI is InChI=1S/C19H30N4O/c1-15-9-11-17(12-10-15)23-19(20-2)22-14-6-13-21-18(24)16-7-4-3-5-8-16/h3-5,7-8,15,17H,6,9-14H2,1-2H3,(H,21,24)(H2,20,22,23). The van der Waals surface area contributed by atoms with Gasteiger partial charge in [0.1, 0.15) is 0 Å². The van der Waals surface area contributed by atoms with Crippen LogP contribution in [0.3, 0.4) is 0 Å². The van der Waals surface area contributed by atoms with Crippen LogP contribution in [0.4, 0.5) is 0 Å². The van der Waals surface area contributed by atoms with Gasteiger partial charge in [-0.15, -0.1) is 0 Å². The van der Waals surface area contributed by atoms with E-state index in [2.05, 4.69) is 27.9 Å². The average molecular weight is 330 g/mol. The molecule has 1 saturated carbocycles. The number of amides is 1. The molecule has 0 unspecified atom stereocenters. The summed E-state index contributed by atoms with van der Waals surface area (Å²) in [5.41, 5.74) is 0.703. The molecule has 2 rings (SSSR count). The monoisotopic (exact) mass is 330 g/mol. The number of nitrogens with zero attached hydrogens (tertiary/aromatic N) is 1. The van der Waals surface area contributed by atoms with Gasteiger partial charge in [-0.2, -0.15) is 0 Å². The van der Waals surface area contributed by atoms with E-state index in [0.717, 1.165) is 24.8 Å². The molecule has 1 amide bonds. The molecule has 0 aromatic heterocycles. The maximum atomic E-state index is 11.9. The first-order valence-electron chi connectivity index (χ1n) is 8.99. The van der Waals surface area contributed by atoms with Crippen LogP contribution in [0.25, 0.3) is 0 Å². The summed E-state index contributed by atoms with van der Waals surface area (Å²) in [6, 6.07) is 9.84. The lowest BCUT2D eigenvalue weighted by Crippen LogP contribution is -2.45. The van der Waals surface area contributed by atoms with Crippen molar-refractivity contribution in [3.05, 3.63) is 35.9 Å². The van der Waals surface area contributed by atoms with Gasteiger partial charge in [-0.1, -0.05) is 25.1 Å². The van der Waals surface area contributed by atoms with Crippen molar-refractivity contribution < 1.29 is 4.79 Å². The van der Waals surface area contributed by atoms with Crippen LogP contribution in [0.2, 0.25) is 0 Å². The van der Waals surface area contributed by atoms with E-state index in [0.29, 0.717) is 18.2 Å². The fourth-order valence-corrected chi connectivity index (χ4v) is 2.98. The number of benzene rings is 1. The Bertz CT molecular complexity index is 521. The smallest absolute Gasteiger partial charge is 0.251 e. The van der Waals surface area contributed by atoms with Crippen LogP contribution in [0, 0.1) is 5.92 Å². The predicted molar refractivity (Wildman–Crippen MR) is 99.3 cm³/mol. The molecule has 5 heteroatoms. The Hall–Kier alpha value is -2.04. The summed E-state index contributed by atoms with van der Waals surface area (Å²) in [4.78, 5) is 16.2. The third kappa shape index (κ3) is 6.22. The second-order valence-corrected chi connectivity index (χ2v) is 6.58.